The van der Waals surface area contributed by atoms with Gasteiger partial charge in [0.2, 0.25) is 6.29 Å². The Balaban J connectivity index is 1.32. The van der Waals surface area contributed by atoms with Crippen molar-refractivity contribution in [2.75, 3.05) is 34.0 Å². The Kier molecular flexibility index (Phi) is 7.46. The number of aliphatic hydroxyl groups excluding tert-OH is 4. The first kappa shape index (κ1) is 26.0. The van der Waals surface area contributed by atoms with Crippen LogP contribution in [0.3, 0.4) is 0 Å². The molecule has 0 saturated carbocycles. The maximum Gasteiger partial charge on any atom is 0.229 e. The molecule has 11 heteroatoms. The Bertz CT molecular complexity index is 1090. The van der Waals surface area contributed by atoms with Gasteiger partial charge in [-0.15, -0.1) is 0 Å². The molecule has 202 valence electrons. The average molecular weight is 521 g/mol. The van der Waals surface area contributed by atoms with Gasteiger partial charge >= 0.3 is 0 Å². The number of ether oxygens (including phenoxy) is 6. The Labute approximate surface area is 213 Å². The van der Waals surface area contributed by atoms with E-state index < -0.39 is 37.3 Å². The van der Waals surface area contributed by atoms with Gasteiger partial charge < -0.3 is 54.0 Å². The molecule has 2 aromatic carbocycles. The normalized spacial score (nSPS) is 35.2. The van der Waals surface area contributed by atoms with Crippen LogP contribution in [0.25, 0.3) is 0 Å². The highest BCUT2D eigenvalue weighted by atomic mass is 16.7. The van der Waals surface area contributed by atoms with Gasteiger partial charge in [-0.05, 0) is 35.4 Å². The van der Waals surface area contributed by atoms with Crippen LogP contribution in [0.2, 0.25) is 0 Å². The van der Waals surface area contributed by atoms with E-state index in [1.807, 2.05) is 12.1 Å². The van der Waals surface area contributed by atoms with Crippen molar-refractivity contribution in [1.82, 2.24) is 0 Å². The number of aromatic hydroxyl groups is 1. The minimum absolute atomic E-state index is 0.0689. The van der Waals surface area contributed by atoms with Gasteiger partial charge in [0, 0.05) is 11.8 Å². The third-order valence-corrected chi connectivity index (χ3v) is 7.40. The number of hydrogen-bond donors (Lipinski definition) is 5. The lowest BCUT2D eigenvalue weighted by Crippen LogP contribution is -2.60. The molecule has 0 unspecified atom stereocenters. The minimum atomic E-state index is -1.55. The van der Waals surface area contributed by atoms with Gasteiger partial charge in [0.05, 0.1) is 46.2 Å². The largest absolute Gasteiger partial charge is 0.504 e. The topological polar surface area (TPSA) is 157 Å². The summed E-state index contributed by atoms with van der Waals surface area (Å²) in [5, 5.41) is 49.7. The zero-order valence-electron chi connectivity index (χ0n) is 20.5. The van der Waals surface area contributed by atoms with Crippen molar-refractivity contribution < 1.29 is 54.0 Å². The summed E-state index contributed by atoms with van der Waals surface area (Å²) in [6.07, 6.45) is -7.41. The molecule has 0 aromatic heterocycles. The van der Waals surface area contributed by atoms with Gasteiger partial charge in [-0.3, -0.25) is 0 Å². The second kappa shape index (κ2) is 10.6. The summed E-state index contributed by atoms with van der Waals surface area (Å²) >= 11 is 0. The highest BCUT2D eigenvalue weighted by molar-refractivity contribution is 5.45. The smallest absolute Gasteiger partial charge is 0.229 e. The lowest BCUT2D eigenvalue weighted by atomic mass is 9.85. The van der Waals surface area contributed by atoms with Crippen molar-refractivity contribution >= 4 is 0 Å². The number of methoxy groups -OCH3 is 2. The van der Waals surface area contributed by atoms with Crippen molar-refractivity contribution in [3.8, 4) is 23.0 Å². The van der Waals surface area contributed by atoms with E-state index in [9.17, 15) is 25.5 Å². The first-order chi connectivity index (χ1) is 17.9. The van der Waals surface area contributed by atoms with E-state index in [1.165, 1.54) is 14.2 Å². The second-order valence-corrected chi connectivity index (χ2v) is 9.49. The fraction of sp³-hybridized carbons (Fsp3) is 0.538. The third kappa shape index (κ3) is 4.72. The molecule has 0 spiro atoms. The molecule has 0 radical (unpaired) electrons. The molecule has 0 aliphatic carbocycles. The van der Waals surface area contributed by atoms with E-state index >= 15 is 0 Å². The van der Waals surface area contributed by atoms with Crippen LogP contribution in [0.15, 0.2) is 36.4 Å². The molecule has 0 amide bonds. The first-order valence-corrected chi connectivity index (χ1v) is 12.1. The molecule has 37 heavy (non-hydrogen) atoms. The Morgan fingerprint density at radius 2 is 1.38 bits per heavy atom. The van der Waals surface area contributed by atoms with Gasteiger partial charge in [0.1, 0.15) is 24.4 Å². The van der Waals surface area contributed by atoms with Gasteiger partial charge in [-0.1, -0.05) is 12.1 Å². The quantitative estimate of drug-likeness (QED) is 0.349. The van der Waals surface area contributed by atoms with E-state index in [0.29, 0.717) is 24.7 Å². The molecule has 3 fully saturated rings. The molecule has 3 saturated heterocycles. The van der Waals surface area contributed by atoms with E-state index in [4.69, 9.17) is 28.4 Å². The van der Waals surface area contributed by atoms with Crippen LogP contribution in [-0.2, 0) is 14.2 Å². The predicted molar refractivity (Wildman–Crippen MR) is 126 cm³/mol. The number of fused-ring (bicyclic) bond motifs is 1. The number of rotatable bonds is 7. The summed E-state index contributed by atoms with van der Waals surface area (Å²) < 4.78 is 34.3. The molecule has 5 rings (SSSR count). The van der Waals surface area contributed by atoms with Crippen LogP contribution in [0, 0.1) is 11.8 Å². The Morgan fingerprint density at radius 1 is 0.784 bits per heavy atom. The summed E-state index contributed by atoms with van der Waals surface area (Å²) in [4.78, 5) is 0. The van der Waals surface area contributed by atoms with Crippen LogP contribution in [0.5, 0.6) is 23.0 Å². The zero-order chi connectivity index (χ0) is 26.3. The van der Waals surface area contributed by atoms with Crippen molar-refractivity contribution in [1.29, 1.82) is 0 Å². The summed E-state index contributed by atoms with van der Waals surface area (Å²) in [6.45, 7) is 0.436. The highest BCUT2D eigenvalue weighted by Crippen LogP contribution is 2.51. The molecule has 9 atom stereocenters. The molecule has 3 aliphatic heterocycles. The van der Waals surface area contributed by atoms with Gasteiger partial charge in [0.25, 0.3) is 0 Å². The molecule has 2 aromatic rings. The number of aliphatic hydroxyl groups is 4. The van der Waals surface area contributed by atoms with Crippen molar-refractivity contribution in [3.05, 3.63) is 47.5 Å². The number of benzene rings is 2. The number of phenolic OH excluding ortho intramolecular Hbond substituents is 1. The molecule has 3 heterocycles. The number of hydrogen-bond acceptors (Lipinski definition) is 11. The molecular weight excluding hydrogens is 488 g/mol. The van der Waals surface area contributed by atoms with Crippen molar-refractivity contribution in [3.63, 3.8) is 0 Å². The average Bonchev–Trinajstić information content (AvgIpc) is 3.52. The van der Waals surface area contributed by atoms with Crippen LogP contribution in [0.1, 0.15) is 23.3 Å². The number of phenols is 1. The van der Waals surface area contributed by atoms with Crippen molar-refractivity contribution in [2.24, 2.45) is 11.8 Å². The van der Waals surface area contributed by atoms with Crippen molar-refractivity contribution in [2.45, 2.75) is 42.9 Å². The lowest BCUT2D eigenvalue weighted by Gasteiger charge is -2.39. The standard InChI is InChI=1S/C26H32O11/c1-32-18-7-12(3-5-16(18)28)24-14-10-35-25(15(14)11-34-24)13-4-6-17(19(8-13)33-2)36-26-23(31)22(30)21(29)20(9-27)37-26/h3-8,14-15,20-31H,9-11H2,1-2H3/t14-,15-,20-,21-,22+,23-,24+,25+,26-/m0/s1. The molecule has 3 aliphatic rings. The molecule has 5 N–H and O–H groups in total. The van der Waals surface area contributed by atoms with E-state index in [0.717, 1.165) is 11.1 Å². The fourth-order valence-electron chi connectivity index (χ4n) is 5.35. The summed E-state index contributed by atoms with van der Waals surface area (Å²) in [5.41, 5.74) is 1.77. The molecule has 11 nitrogen and oxygen atoms in total. The van der Waals surface area contributed by atoms with E-state index in [2.05, 4.69) is 0 Å². The van der Waals surface area contributed by atoms with E-state index in [-0.39, 0.29) is 35.5 Å². The van der Waals surface area contributed by atoms with Crippen LogP contribution < -0.4 is 14.2 Å². The fourth-order valence-corrected chi connectivity index (χ4v) is 5.35. The summed E-state index contributed by atoms with van der Waals surface area (Å²) in [7, 11) is 2.98. The monoisotopic (exact) mass is 520 g/mol. The van der Waals surface area contributed by atoms with Crippen LogP contribution in [0.4, 0.5) is 0 Å². The lowest BCUT2D eigenvalue weighted by molar-refractivity contribution is -0.277. The Morgan fingerprint density at radius 3 is 1.97 bits per heavy atom. The summed E-state index contributed by atoms with van der Waals surface area (Å²) in [5.74, 6) is 1.27. The zero-order valence-corrected chi connectivity index (χ0v) is 20.5. The molecule has 0 bridgehead atoms. The molecular formula is C26H32O11. The maximum absolute atomic E-state index is 10.3. The van der Waals surface area contributed by atoms with Gasteiger partial charge in [-0.2, -0.15) is 0 Å². The van der Waals surface area contributed by atoms with Gasteiger partial charge in [-0.25, -0.2) is 0 Å². The SMILES string of the molecule is COc1cc([C@H]2OC[C@H]3[C@@H]2CO[C@@H]3c2ccc(O[C@H]3O[C@@H](CO)[C@H](O)[C@@H](O)[C@@H]3O)c(OC)c2)ccc1O. The van der Waals surface area contributed by atoms with Crippen LogP contribution in [-0.4, -0.2) is 90.3 Å². The predicted octanol–water partition coefficient (Wildman–Crippen LogP) is 0.663. The van der Waals surface area contributed by atoms with Gasteiger partial charge in [0.15, 0.2) is 23.0 Å². The third-order valence-electron chi connectivity index (χ3n) is 7.40. The Hall–Kier alpha value is -2.64. The summed E-state index contributed by atoms with van der Waals surface area (Å²) in [6, 6.07) is 10.5. The highest BCUT2D eigenvalue weighted by Gasteiger charge is 2.49. The van der Waals surface area contributed by atoms with Crippen LogP contribution >= 0.6 is 0 Å². The van der Waals surface area contributed by atoms with E-state index in [1.54, 1.807) is 24.3 Å². The maximum atomic E-state index is 10.3. The minimum Gasteiger partial charge on any atom is -0.504 e. The first-order valence-electron chi connectivity index (χ1n) is 12.1. The second-order valence-electron chi connectivity index (χ2n) is 9.49.